The lowest BCUT2D eigenvalue weighted by atomic mass is 10.0. The van der Waals surface area contributed by atoms with E-state index in [-0.39, 0.29) is 6.04 Å². The third-order valence-corrected chi connectivity index (χ3v) is 5.48. The molecule has 1 aliphatic carbocycles. The van der Waals surface area contributed by atoms with E-state index in [1.54, 1.807) is 18.7 Å². The summed E-state index contributed by atoms with van der Waals surface area (Å²) in [5.41, 5.74) is 1.82. The van der Waals surface area contributed by atoms with Crippen LogP contribution < -0.4 is 10.2 Å². The van der Waals surface area contributed by atoms with Crippen LogP contribution in [0.1, 0.15) is 50.9 Å². The van der Waals surface area contributed by atoms with E-state index in [2.05, 4.69) is 37.3 Å². The van der Waals surface area contributed by atoms with E-state index in [0.717, 1.165) is 29.4 Å². The lowest BCUT2D eigenvalue weighted by Gasteiger charge is -2.40. The van der Waals surface area contributed by atoms with E-state index >= 15 is 0 Å². The molecule has 1 atom stereocenters. The molecule has 5 rings (SSSR count). The predicted octanol–water partition coefficient (Wildman–Crippen LogP) is 3.41. The van der Waals surface area contributed by atoms with Gasteiger partial charge in [0, 0.05) is 12.2 Å². The lowest BCUT2D eigenvalue weighted by molar-refractivity contribution is 0.469. The fourth-order valence-corrected chi connectivity index (χ4v) is 4.27. The highest BCUT2D eigenvalue weighted by Crippen LogP contribution is 2.42. The molecule has 0 radical (unpaired) electrons. The first kappa shape index (κ1) is 16.2. The van der Waals surface area contributed by atoms with Crippen molar-refractivity contribution in [3.63, 3.8) is 0 Å². The molecule has 0 aromatic carbocycles. The maximum absolute atomic E-state index is 4.91. The Morgan fingerprint density at radius 3 is 2.89 bits per heavy atom. The normalized spacial score (nSPS) is 19.0. The van der Waals surface area contributed by atoms with E-state index in [4.69, 9.17) is 4.98 Å². The minimum Gasteiger partial charge on any atom is -0.341 e. The van der Waals surface area contributed by atoms with E-state index in [0.29, 0.717) is 12.0 Å². The smallest absolute Gasteiger partial charge is 0.229 e. The summed E-state index contributed by atoms with van der Waals surface area (Å²) in [7, 11) is 0. The van der Waals surface area contributed by atoms with Crippen LogP contribution in [0.15, 0.2) is 37.1 Å². The molecule has 8 heteroatoms. The zero-order chi connectivity index (χ0) is 18.2. The average molecular weight is 362 g/mol. The van der Waals surface area contributed by atoms with Crippen molar-refractivity contribution in [3.8, 4) is 5.69 Å². The Balaban J connectivity index is 1.60. The second-order valence-electron chi connectivity index (χ2n) is 7.10. The van der Waals surface area contributed by atoms with Gasteiger partial charge in [-0.25, -0.2) is 4.98 Å². The van der Waals surface area contributed by atoms with Crippen LogP contribution in [-0.2, 0) is 0 Å². The third-order valence-electron chi connectivity index (χ3n) is 5.48. The van der Waals surface area contributed by atoms with Crippen LogP contribution in [0.2, 0.25) is 0 Å². The monoisotopic (exact) mass is 362 g/mol. The van der Waals surface area contributed by atoms with Crippen molar-refractivity contribution < 1.29 is 0 Å². The third kappa shape index (κ3) is 2.72. The number of fused-ring (bicyclic) bond motifs is 3. The fraction of sp³-hybridized carbons (Fsp3) is 0.421. The van der Waals surface area contributed by atoms with Crippen LogP contribution in [0.4, 0.5) is 17.5 Å². The predicted molar refractivity (Wildman–Crippen MR) is 102 cm³/mol. The fourth-order valence-electron chi connectivity index (χ4n) is 4.27. The van der Waals surface area contributed by atoms with Crippen molar-refractivity contribution >= 4 is 17.5 Å². The standard InChI is InChI=1S/C19H22N8/c1-2-15-18-25-22-12-26(18)16-11-21-19(23-13-6-5-9-20-10-13)24-17(16)27(15)14-7-3-4-8-14/h5-6,9-12,14-15H,2-4,7-8H2,1H3,(H,21,23,24). The van der Waals surface area contributed by atoms with E-state index in [9.17, 15) is 0 Å². The molecule has 1 aliphatic heterocycles. The summed E-state index contributed by atoms with van der Waals surface area (Å²) in [6.45, 7) is 2.20. The topological polar surface area (TPSA) is 84.7 Å². The Labute approximate surface area is 157 Å². The number of rotatable bonds is 4. The van der Waals surface area contributed by atoms with Crippen LogP contribution >= 0.6 is 0 Å². The number of pyridine rings is 1. The molecule has 4 heterocycles. The molecular weight excluding hydrogens is 340 g/mol. The van der Waals surface area contributed by atoms with Crippen LogP contribution in [0.3, 0.4) is 0 Å². The summed E-state index contributed by atoms with van der Waals surface area (Å²) in [6.07, 6.45) is 13.0. The highest BCUT2D eigenvalue weighted by molar-refractivity contribution is 5.65. The quantitative estimate of drug-likeness (QED) is 0.761. The number of aromatic nitrogens is 6. The van der Waals surface area contributed by atoms with Gasteiger partial charge in [0.25, 0.3) is 0 Å². The first-order valence-corrected chi connectivity index (χ1v) is 9.58. The number of nitrogens with one attached hydrogen (secondary N) is 1. The molecule has 3 aromatic rings. The van der Waals surface area contributed by atoms with E-state index < -0.39 is 0 Å². The van der Waals surface area contributed by atoms with Gasteiger partial charge in [-0.3, -0.25) is 9.55 Å². The first-order chi connectivity index (χ1) is 13.3. The minimum atomic E-state index is 0.184. The first-order valence-electron chi connectivity index (χ1n) is 9.58. The van der Waals surface area contributed by atoms with Gasteiger partial charge in [-0.05, 0) is 31.4 Å². The van der Waals surface area contributed by atoms with Gasteiger partial charge in [-0.2, -0.15) is 4.98 Å². The van der Waals surface area contributed by atoms with Crippen molar-refractivity contribution in [2.75, 3.05) is 10.2 Å². The van der Waals surface area contributed by atoms with Crippen molar-refractivity contribution in [2.24, 2.45) is 0 Å². The highest BCUT2D eigenvalue weighted by atomic mass is 15.4. The van der Waals surface area contributed by atoms with Gasteiger partial charge in [0.2, 0.25) is 5.95 Å². The van der Waals surface area contributed by atoms with Crippen LogP contribution in [0.25, 0.3) is 5.69 Å². The molecule has 0 bridgehead atoms. The maximum atomic E-state index is 4.91. The lowest BCUT2D eigenvalue weighted by Crippen LogP contribution is -2.42. The summed E-state index contributed by atoms with van der Waals surface area (Å²) in [5.74, 6) is 2.52. The Hall–Kier alpha value is -3.03. The molecule has 0 spiro atoms. The van der Waals surface area contributed by atoms with Crippen molar-refractivity contribution in [3.05, 3.63) is 42.9 Å². The van der Waals surface area contributed by atoms with Crippen molar-refractivity contribution in [2.45, 2.75) is 51.1 Å². The van der Waals surface area contributed by atoms with Gasteiger partial charge < -0.3 is 10.2 Å². The van der Waals surface area contributed by atoms with Gasteiger partial charge in [-0.1, -0.05) is 19.8 Å². The summed E-state index contributed by atoms with van der Waals surface area (Å²) < 4.78 is 2.03. The van der Waals surface area contributed by atoms with Crippen LogP contribution in [0.5, 0.6) is 0 Å². The van der Waals surface area contributed by atoms with Crippen LogP contribution in [0, 0.1) is 0 Å². The molecule has 27 heavy (non-hydrogen) atoms. The largest absolute Gasteiger partial charge is 0.341 e. The molecule has 1 N–H and O–H groups in total. The Morgan fingerprint density at radius 1 is 1.22 bits per heavy atom. The summed E-state index contributed by atoms with van der Waals surface area (Å²) in [6, 6.07) is 4.52. The Kier molecular flexibility index (Phi) is 3.95. The molecule has 2 aliphatic rings. The molecule has 1 saturated carbocycles. The number of hydrogen-bond acceptors (Lipinski definition) is 7. The molecule has 1 unspecified atom stereocenters. The van der Waals surface area contributed by atoms with Crippen LogP contribution in [-0.4, -0.2) is 35.8 Å². The van der Waals surface area contributed by atoms with Gasteiger partial charge in [0.05, 0.1) is 24.1 Å². The van der Waals surface area contributed by atoms with Gasteiger partial charge in [-0.15, -0.1) is 10.2 Å². The number of anilines is 3. The minimum absolute atomic E-state index is 0.184. The summed E-state index contributed by atoms with van der Waals surface area (Å²) >= 11 is 0. The Morgan fingerprint density at radius 2 is 2.11 bits per heavy atom. The highest BCUT2D eigenvalue weighted by Gasteiger charge is 2.38. The molecular formula is C19H22N8. The molecule has 0 saturated heterocycles. The van der Waals surface area contributed by atoms with E-state index in [1.807, 2.05) is 22.9 Å². The molecule has 0 amide bonds. The zero-order valence-corrected chi connectivity index (χ0v) is 15.3. The summed E-state index contributed by atoms with van der Waals surface area (Å²) in [4.78, 5) is 16.0. The zero-order valence-electron chi connectivity index (χ0n) is 15.3. The SMILES string of the molecule is CCC1c2nncn2-c2cnc(Nc3cccnc3)nc2N1C1CCCC1. The molecule has 1 fully saturated rings. The molecule has 138 valence electrons. The van der Waals surface area contributed by atoms with E-state index in [1.165, 1.54) is 25.7 Å². The maximum Gasteiger partial charge on any atom is 0.229 e. The van der Waals surface area contributed by atoms with Crippen molar-refractivity contribution in [1.82, 2.24) is 29.7 Å². The molecule has 8 nitrogen and oxygen atoms in total. The van der Waals surface area contributed by atoms with Gasteiger partial charge in [0.15, 0.2) is 11.6 Å². The second kappa shape index (κ2) is 6.61. The van der Waals surface area contributed by atoms with Crippen molar-refractivity contribution in [1.29, 1.82) is 0 Å². The van der Waals surface area contributed by atoms with Gasteiger partial charge in [0.1, 0.15) is 12.0 Å². The summed E-state index contributed by atoms with van der Waals surface area (Å²) in [5, 5.41) is 11.8. The molecule has 3 aromatic heterocycles. The number of nitrogens with zero attached hydrogens (tertiary/aromatic N) is 7. The second-order valence-corrected chi connectivity index (χ2v) is 7.10. The van der Waals surface area contributed by atoms with Gasteiger partial charge >= 0.3 is 0 Å². The Bertz CT molecular complexity index is 932. The average Bonchev–Trinajstić information content (AvgIpc) is 3.39. The number of hydrogen-bond donors (Lipinski definition) is 1.